The molecule has 94 valence electrons. The lowest BCUT2D eigenvalue weighted by atomic mass is 10.3. The average molecular weight is 244 g/mol. The molecule has 0 aliphatic carbocycles. The minimum Gasteiger partial charge on any atom is -0.320 e. The highest BCUT2D eigenvalue weighted by molar-refractivity contribution is 5.79. The minimum absolute atomic E-state index is 0.00704. The molecule has 0 radical (unpaired) electrons. The van der Waals surface area contributed by atoms with Gasteiger partial charge in [0, 0.05) is 13.0 Å². The number of rotatable bonds is 3. The van der Waals surface area contributed by atoms with Crippen LogP contribution >= 0.6 is 0 Å². The van der Waals surface area contributed by atoms with Crippen molar-refractivity contribution in [3.63, 3.8) is 0 Å². The van der Waals surface area contributed by atoms with Crippen molar-refractivity contribution in [2.75, 3.05) is 6.54 Å². The number of fused-ring (bicyclic) bond motifs is 1. The number of likely N-dealkylation sites (tertiary alicyclic amines) is 1. The summed E-state index contributed by atoms with van der Waals surface area (Å²) in [6.07, 6.45) is 2.44. The maximum Gasteiger partial charge on any atom is 0.224 e. The van der Waals surface area contributed by atoms with E-state index in [1.165, 1.54) is 0 Å². The van der Waals surface area contributed by atoms with E-state index in [2.05, 4.69) is 17.2 Å². The van der Waals surface area contributed by atoms with E-state index in [0.717, 1.165) is 30.4 Å². The molecule has 2 aromatic rings. The molecule has 1 atom stereocenters. The summed E-state index contributed by atoms with van der Waals surface area (Å²) in [6, 6.07) is 7.86. The SMILES string of the molecule is CCC(N1CCCC1=O)n1nnc2ccccc21. The van der Waals surface area contributed by atoms with Gasteiger partial charge in [0.25, 0.3) is 0 Å². The van der Waals surface area contributed by atoms with Gasteiger partial charge in [0.15, 0.2) is 0 Å². The fourth-order valence-corrected chi connectivity index (χ4v) is 2.62. The first-order chi connectivity index (χ1) is 8.81. The van der Waals surface area contributed by atoms with Gasteiger partial charge in [-0.2, -0.15) is 0 Å². The van der Waals surface area contributed by atoms with Gasteiger partial charge in [-0.25, -0.2) is 4.68 Å². The number of amides is 1. The number of hydrogen-bond acceptors (Lipinski definition) is 3. The molecule has 5 nitrogen and oxygen atoms in total. The third-order valence-corrected chi connectivity index (χ3v) is 3.49. The fraction of sp³-hybridized carbons (Fsp3) is 0.462. The molecule has 3 rings (SSSR count). The van der Waals surface area contributed by atoms with Crippen molar-refractivity contribution < 1.29 is 4.79 Å². The number of benzene rings is 1. The summed E-state index contributed by atoms with van der Waals surface area (Å²) in [4.78, 5) is 13.8. The van der Waals surface area contributed by atoms with Crippen LogP contribution in [0.5, 0.6) is 0 Å². The lowest BCUT2D eigenvalue weighted by molar-refractivity contribution is -0.131. The quantitative estimate of drug-likeness (QED) is 0.829. The Balaban J connectivity index is 2.03. The summed E-state index contributed by atoms with van der Waals surface area (Å²) < 4.78 is 1.87. The second-order valence-corrected chi connectivity index (χ2v) is 4.60. The van der Waals surface area contributed by atoms with Crippen LogP contribution in [-0.2, 0) is 4.79 Å². The number of nitrogens with zero attached hydrogens (tertiary/aromatic N) is 4. The van der Waals surface area contributed by atoms with Crippen LogP contribution in [0.25, 0.3) is 11.0 Å². The predicted octanol–water partition coefficient (Wildman–Crippen LogP) is 1.96. The Hall–Kier alpha value is -1.91. The van der Waals surface area contributed by atoms with Crippen LogP contribution in [0, 0.1) is 0 Å². The maximum absolute atomic E-state index is 11.9. The Bertz CT molecular complexity index is 577. The molecule has 1 aromatic heterocycles. The predicted molar refractivity (Wildman–Crippen MR) is 67.8 cm³/mol. The van der Waals surface area contributed by atoms with Gasteiger partial charge in [-0.15, -0.1) is 5.10 Å². The molecule has 0 bridgehead atoms. The number of carbonyl (C=O) groups excluding carboxylic acids is 1. The van der Waals surface area contributed by atoms with E-state index in [0.29, 0.717) is 6.42 Å². The van der Waals surface area contributed by atoms with Crippen LogP contribution in [0.15, 0.2) is 24.3 Å². The molecule has 1 aliphatic heterocycles. The van der Waals surface area contributed by atoms with Crippen molar-refractivity contribution >= 4 is 16.9 Å². The fourth-order valence-electron chi connectivity index (χ4n) is 2.62. The second kappa shape index (κ2) is 4.40. The van der Waals surface area contributed by atoms with Crippen LogP contribution in [0.4, 0.5) is 0 Å². The summed E-state index contributed by atoms with van der Waals surface area (Å²) in [5.74, 6) is 0.224. The molecule has 0 saturated carbocycles. The first-order valence-electron chi connectivity index (χ1n) is 6.40. The molecular weight excluding hydrogens is 228 g/mol. The highest BCUT2D eigenvalue weighted by Gasteiger charge is 2.29. The van der Waals surface area contributed by atoms with Crippen molar-refractivity contribution in [2.24, 2.45) is 0 Å². The molecule has 1 aromatic carbocycles. The molecular formula is C13H16N4O. The first kappa shape index (κ1) is 11.2. The minimum atomic E-state index is -0.00704. The maximum atomic E-state index is 11.9. The molecule has 0 spiro atoms. The highest BCUT2D eigenvalue weighted by atomic mass is 16.2. The monoisotopic (exact) mass is 244 g/mol. The van der Waals surface area contributed by atoms with E-state index in [9.17, 15) is 4.79 Å². The molecule has 1 unspecified atom stereocenters. The van der Waals surface area contributed by atoms with Crippen molar-refractivity contribution in [3.8, 4) is 0 Å². The Labute approximate surface area is 105 Å². The third kappa shape index (κ3) is 1.66. The number of aromatic nitrogens is 3. The van der Waals surface area contributed by atoms with Crippen molar-refractivity contribution in [1.29, 1.82) is 0 Å². The molecule has 1 fully saturated rings. The number of hydrogen-bond donors (Lipinski definition) is 0. The summed E-state index contributed by atoms with van der Waals surface area (Å²) in [6.45, 7) is 2.90. The van der Waals surface area contributed by atoms with E-state index in [1.807, 2.05) is 33.8 Å². The van der Waals surface area contributed by atoms with Crippen LogP contribution in [0.1, 0.15) is 32.4 Å². The van der Waals surface area contributed by atoms with Gasteiger partial charge < -0.3 is 4.90 Å². The summed E-state index contributed by atoms with van der Waals surface area (Å²) in [7, 11) is 0. The smallest absolute Gasteiger partial charge is 0.224 e. The Morgan fingerprint density at radius 2 is 2.22 bits per heavy atom. The average Bonchev–Trinajstić information content (AvgIpc) is 2.99. The van der Waals surface area contributed by atoms with E-state index >= 15 is 0 Å². The standard InChI is InChI=1S/C13H16N4O/c1-2-12(16-9-5-8-13(16)18)17-11-7-4-3-6-10(11)14-15-17/h3-4,6-7,12H,2,5,8-9H2,1H3. The van der Waals surface area contributed by atoms with Gasteiger partial charge in [0.05, 0.1) is 5.52 Å². The molecule has 2 heterocycles. The zero-order chi connectivity index (χ0) is 12.5. The molecule has 1 amide bonds. The van der Waals surface area contributed by atoms with E-state index in [4.69, 9.17) is 0 Å². The zero-order valence-electron chi connectivity index (χ0n) is 10.4. The van der Waals surface area contributed by atoms with Gasteiger partial charge >= 0.3 is 0 Å². The molecule has 18 heavy (non-hydrogen) atoms. The van der Waals surface area contributed by atoms with Crippen molar-refractivity contribution in [1.82, 2.24) is 19.9 Å². The van der Waals surface area contributed by atoms with Gasteiger partial charge in [-0.05, 0) is 25.0 Å². The lowest BCUT2D eigenvalue weighted by Crippen LogP contribution is -2.33. The number of para-hydroxylation sites is 1. The van der Waals surface area contributed by atoms with E-state index in [-0.39, 0.29) is 12.1 Å². The van der Waals surface area contributed by atoms with Gasteiger partial charge in [0.1, 0.15) is 11.7 Å². The van der Waals surface area contributed by atoms with Gasteiger partial charge in [-0.3, -0.25) is 4.79 Å². The molecule has 1 aliphatic rings. The normalized spacial score (nSPS) is 17.6. The van der Waals surface area contributed by atoms with Crippen LogP contribution in [-0.4, -0.2) is 32.3 Å². The Morgan fingerprint density at radius 3 is 2.94 bits per heavy atom. The van der Waals surface area contributed by atoms with Crippen LogP contribution < -0.4 is 0 Å². The van der Waals surface area contributed by atoms with E-state index < -0.39 is 0 Å². The Morgan fingerprint density at radius 1 is 1.39 bits per heavy atom. The van der Waals surface area contributed by atoms with E-state index in [1.54, 1.807) is 0 Å². The lowest BCUT2D eigenvalue weighted by Gasteiger charge is -2.26. The highest BCUT2D eigenvalue weighted by Crippen LogP contribution is 2.25. The van der Waals surface area contributed by atoms with Gasteiger partial charge in [0.2, 0.25) is 5.91 Å². The summed E-state index contributed by atoms with van der Waals surface area (Å²) >= 11 is 0. The largest absolute Gasteiger partial charge is 0.320 e. The third-order valence-electron chi connectivity index (χ3n) is 3.49. The first-order valence-corrected chi connectivity index (χ1v) is 6.40. The molecule has 1 saturated heterocycles. The van der Waals surface area contributed by atoms with Crippen molar-refractivity contribution in [3.05, 3.63) is 24.3 Å². The van der Waals surface area contributed by atoms with Crippen LogP contribution in [0.2, 0.25) is 0 Å². The molecule has 5 heteroatoms. The zero-order valence-corrected chi connectivity index (χ0v) is 10.4. The second-order valence-electron chi connectivity index (χ2n) is 4.60. The van der Waals surface area contributed by atoms with Gasteiger partial charge in [-0.1, -0.05) is 24.3 Å². The summed E-state index contributed by atoms with van der Waals surface area (Å²) in [5, 5.41) is 8.38. The van der Waals surface area contributed by atoms with Crippen LogP contribution in [0.3, 0.4) is 0 Å². The topological polar surface area (TPSA) is 51.0 Å². The number of carbonyl (C=O) groups is 1. The van der Waals surface area contributed by atoms with Crippen molar-refractivity contribution in [2.45, 2.75) is 32.4 Å². The Kier molecular flexibility index (Phi) is 2.74. The summed E-state index contributed by atoms with van der Waals surface area (Å²) in [5.41, 5.74) is 1.87. The molecule has 0 N–H and O–H groups in total.